The molecule has 0 unspecified atom stereocenters. The van der Waals surface area contributed by atoms with E-state index in [9.17, 15) is 9.59 Å². The molecule has 0 aromatic carbocycles. The van der Waals surface area contributed by atoms with Crippen LogP contribution in [0.5, 0.6) is 0 Å². The maximum atomic E-state index is 13.0. The van der Waals surface area contributed by atoms with Gasteiger partial charge in [-0.1, -0.05) is 5.16 Å². The lowest BCUT2D eigenvalue weighted by Gasteiger charge is -2.35. The van der Waals surface area contributed by atoms with Gasteiger partial charge in [-0.25, -0.2) is 0 Å². The maximum Gasteiger partial charge on any atom is 0.274 e. The van der Waals surface area contributed by atoms with Crippen LogP contribution in [0.25, 0.3) is 0 Å². The molecule has 2 aromatic rings. The van der Waals surface area contributed by atoms with Gasteiger partial charge in [0, 0.05) is 30.4 Å². The second kappa shape index (κ2) is 6.26. The van der Waals surface area contributed by atoms with Crippen molar-refractivity contribution in [3.63, 3.8) is 0 Å². The number of hydrogen-bond acceptors (Lipinski definition) is 5. The maximum absolute atomic E-state index is 13.0. The molecule has 2 amide bonds. The number of hydrogen-bond donors (Lipinski definition) is 1. The number of piperidine rings is 1. The number of carbonyl (C=O) groups is 2. The molecule has 2 bridgehead atoms. The molecule has 26 heavy (non-hydrogen) atoms. The molecule has 0 aliphatic carbocycles. The SMILES string of the molecule is Cc1cc(C(=O)N2C[C@H]3CC[C@@H](C2)N(Cc2c(C)noc2C)C3=O)n[nH]1. The molecule has 8 nitrogen and oxygen atoms in total. The van der Waals surface area contributed by atoms with Gasteiger partial charge in [-0.15, -0.1) is 0 Å². The average molecular weight is 357 g/mol. The molecule has 0 radical (unpaired) electrons. The zero-order chi connectivity index (χ0) is 18.4. The average Bonchev–Trinajstić information content (AvgIpc) is 3.06. The molecule has 3 saturated heterocycles. The molecule has 138 valence electrons. The lowest BCUT2D eigenvalue weighted by Crippen LogP contribution is -2.47. The Bertz CT molecular complexity index is 835. The first-order valence-corrected chi connectivity index (χ1v) is 8.97. The third-order valence-corrected chi connectivity index (χ3v) is 5.52. The van der Waals surface area contributed by atoms with Crippen molar-refractivity contribution in [3.8, 4) is 0 Å². The summed E-state index contributed by atoms with van der Waals surface area (Å²) in [7, 11) is 0. The Morgan fingerprint density at radius 3 is 2.77 bits per heavy atom. The van der Waals surface area contributed by atoms with Crippen LogP contribution in [0.15, 0.2) is 10.6 Å². The number of aromatic amines is 1. The number of nitrogens with one attached hydrogen (secondary N) is 1. The van der Waals surface area contributed by atoms with Crippen LogP contribution in [0.3, 0.4) is 0 Å². The number of carbonyl (C=O) groups excluding carboxylic acids is 2. The molecule has 0 saturated carbocycles. The van der Waals surface area contributed by atoms with Crippen LogP contribution in [0.1, 0.15) is 46.0 Å². The summed E-state index contributed by atoms with van der Waals surface area (Å²) in [5, 5.41) is 10.9. The first kappa shape index (κ1) is 16.8. The van der Waals surface area contributed by atoms with E-state index in [-0.39, 0.29) is 23.8 Å². The summed E-state index contributed by atoms with van der Waals surface area (Å²) in [6, 6.07) is 1.76. The van der Waals surface area contributed by atoms with Crippen LogP contribution in [-0.4, -0.2) is 56.1 Å². The Morgan fingerprint density at radius 2 is 2.12 bits per heavy atom. The third kappa shape index (κ3) is 2.79. The van der Waals surface area contributed by atoms with E-state index in [2.05, 4.69) is 15.4 Å². The predicted molar refractivity (Wildman–Crippen MR) is 92.3 cm³/mol. The zero-order valence-electron chi connectivity index (χ0n) is 15.3. The molecule has 1 N–H and O–H groups in total. The lowest BCUT2D eigenvalue weighted by atomic mass is 9.93. The van der Waals surface area contributed by atoms with Gasteiger partial charge in [-0.2, -0.15) is 5.10 Å². The molecule has 5 rings (SSSR count). The van der Waals surface area contributed by atoms with Crippen molar-refractivity contribution in [2.45, 2.75) is 46.2 Å². The van der Waals surface area contributed by atoms with Crippen LogP contribution >= 0.6 is 0 Å². The van der Waals surface area contributed by atoms with Crippen LogP contribution in [0.2, 0.25) is 0 Å². The van der Waals surface area contributed by atoms with Gasteiger partial charge in [0.1, 0.15) is 11.5 Å². The molecular weight excluding hydrogens is 334 g/mol. The Balaban J connectivity index is 1.57. The summed E-state index contributed by atoms with van der Waals surface area (Å²) in [4.78, 5) is 29.5. The van der Waals surface area contributed by atoms with Gasteiger partial charge in [0.25, 0.3) is 5.91 Å². The van der Waals surface area contributed by atoms with Gasteiger partial charge in [-0.3, -0.25) is 14.7 Å². The second-order valence-electron chi connectivity index (χ2n) is 7.34. The van der Waals surface area contributed by atoms with Gasteiger partial charge in [0.2, 0.25) is 5.91 Å². The third-order valence-electron chi connectivity index (χ3n) is 5.52. The molecule has 8 heteroatoms. The first-order chi connectivity index (χ1) is 12.4. The van der Waals surface area contributed by atoms with Crippen molar-refractivity contribution < 1.29 is 14.1 Å². The fourth-order valence-corrected chi connectivity index (χ4v) is 4.00. The van der Waals surface area contributed by atoms with Crippen molar-refractivity contribution in [3.05, 3.63) is 34.5 Å². The normalized spacial score (nSPS) is 22.8. The quantitative estimate of drug-likeness (QED) is 0.900. The summed E-state index contributed by atoms with van der Waals surface area (Å²) in [6.07, 6.45) is 1.73. The van der Waals surface area contributed by atoms with Crippen LogP contribution < -0.4 is 0 Å². The highest BCUT2D eigenvalue weighted by Crippen LogP contribution is 2.32. The number of rotatable bonds is 3. The molecule has 3 aliphatic rings. The van der Waals surface area contributed by atoms with Gasteiger partial charge < -0.3 is 14.3 Å². The topological polar surface area (TPSA) is 95.3 Å². The Morgan fingerprint density at radius 1 is 1.31 bits per heavy atom. The van der Waals surface area contributed by atoms with Gasteiger partial charge in [0.15, 0.2) is 0 Å². The second-order valence-corrected chi connectivity index (χ2v) is 7.34. The van der Waals surface area contributed by atoms with E-state index in [1.165, 1.54) is 0 Å². The van der Waals surface area contributed by atoms with E-state index in [0.717, 1.165) is 35.6 Å². The summed E-state index contributed by atoms with van der Waals surface area (Å²) in [5.41, 5.74) is 3.04. The van der Waals surface area contributed by atoms with Crippen LogP contribution in [0, 0.1) is 26.7 Å². The van der Waals surface area contributed by atoms with Crippen molar-refractivity contribution in [1.29, 1.82) is 0 Å². The summed E-state index contributed by atoms with van der Waals surface area (Å²) in [5.74, 6) is 0.599. The minimum Gasteiger partial charge on any atom is -0.361 e. The number of aromatic nitrogens is 3. The molecule has 0 spiro atoms. The minimum absolute atomic E-state index is 0.0129. The minimum atomic E-state index is -0.154. The standard InChI is InChI=1S/C18H23N5O3/c1-10-6-16(20-19-10)18(25)22-7-13-4-5-14(8-22)23(17(13)24)9-15-11(2)21-26-12(15)3/h6,13-14H,4-5,7-9H2,1-3H3,(H,19,20)/t13-,14+/m1/s1. The molecule has 5 heterocycles. The zero-order valence-corrected chi connectivity index (χ0v) is 15.3. The molecule has 3 aliphatic heterocycles. The summed E-state index contributed by atoms with van der Waals surface area (Å²) in [6.45, 7) is 7.11. The van der Waals surface area contributed by atoms with Gasteiger partial charge in [0.05, 0.1) is 18.2 Å². The smallest absolute Gasteiger partial charge is 0.274 e. The van der Waals surface area contributed by atoms with Crippen LogP contribution in [0.4, 0.5) is 0 Å². The Kier molecular flexibility index (Phi) is 4.05. The number of fused-ring (bicyclic) bond motifs is 4. The lowest BCUT2D eigenvalue weighted by molar-refractivity contribution is -0.140. The van der Waals surface area contributed by atoms with E-state index in [0.29, 0.717) is 25.3 Å². The number of H-pyrrole nitrogens is 1. The van der Waals surface area contributed by atoms with Crippen molar-refractivity contribution in [2.75, 3.05) is 13.1 Å². The van der Waals surface area contributed by atoms with Gasteiger partial charge in [-0.05, 0) is 39.7 Å². The van der Waals surface area contributed by atoms with Crippen LogP contribution in [-0.2, 0) is 11.3 Å². The first-order valence-electron chi connectivity index (χ1n) is 8.97. The number of aryl methyl sites for hydroxylation is 3. The van der Waals surface area contributed by atoms with E-state index in [1.54, 1.807) is 11.0 Å². The van der Waals surface area contributed by atoms with E-state index >= 15 is 0 Å². The summed E-state index contributed by atoms with van der Waals surface area (Å²) < 4.78 is 5.24. The number of nitrogens with zero attached hydrogens (tertiary/aromatic N) is 4. The largest absolute Gasteiger partial charge is 0.361 e. The highest BCUT2D eigenvalue weighted by Gasteiger charge is 2.42. The molecule has 2 aromatic heterocycles. The fraction of sp³-hybridized carbons (Fsp3) is 0.556. The Labute approximate surface area is 151 Å². The van der Waals surface area contributed by atoms with Crippen molar-refractivity contribution in [1.82, 2.24) is 25.2 Å². The highest BCUT2D eigenvalue weighted by atomic mass is 16.5. The predicted octanol–water partition coefficient (Wildman–Crippen LogP) is 1.59. The van der Waals surface area contributed by atoms with E-state index < -0.39 is 0 Å². The molecule has 2 atom stereocenters. The number of amides is 2. The monoisotopic (exact) mass is 357 g/mol. The summed E-state index contributed by atoms with van der Waals surface area (Å²) >= 11 is 0. The van der Waals surface area contributed by atoms with Crippen molar-refractivity contribution in [2.24, 2.45) is 5.92 Å². The Hall–Kier alpha value is -2.64. The van der Waals surface area contributed by atoms with Crippen molar-refractivity contribution >= 4 is 11.8 Å². The fourth-order valence-electron chi connectivity index (χ4n) is 4.00. The van der Waals surface area contributed by atoms with E-state index in [1.807, 2.05) is 25.7 Å². The molecular formula is C18H23N5O3. The highest BCUT2D eigenvalue weighted by molar-refractivity contribution is 5.93. The van der Waals surface area contributed by atoms with Gasteiger partial charge >= 0.3 is 0 Å². The van der Waals surface area contributed by atoms with E-state index in [4.69, 9.17) is 4.52 Å². The molecule has 3 fully saturated rings.